The van der Waals surface area contributed by atoms with Gasteiger partial charge in [-0.15, -0.1) is 0 Å². The van der Waals surface area contributed by atoms with Crippen molar-refractivity contribution in [2.24, 2.45) is 0 Å². The van der Waals surface area contributed by atoms with Crippen molar-refractivity contribution in [1.82, 2.24) is 14.3 Å². The van der Waals surface area contributed by atoms with Crippen LogP contribution in [0.2, 0.25) is 0 Å². The van der Waals surface area contributed by atoms with Crippen molar-refractivity contribution < 1.29 is 13.2 Å². The minimum absolute atomic E-state index is 0.00843. The predicted octanol–water partition coefficient (Wildman–Crippen LogP) is -0.318. The first-order chi connectivity index (χ1) is 8.49. The van der Waals surface area contributed by atoms with Crippen molar-refractivity contribution in [3.05, 3.63) is 0 Å². The molecule has 0 saturated carbocycles. The number of nitrogens with zero attached hydrogens (tertiary/aromatic N) is 1. The molecule has 0 spiro atoms. The molecule has 0 unspecified atom stereocenters. The topological polar surface area (TPSA) is 70.7 Å². The van der Waals surface area contributed by atoms with Crippen molar-refractivity contribution in [3.63, 3.8) is 0 Å². The first-order valence-corrected chi connectivity index (χ1v) is 8.04. The van der Waals surface area contributed by atoms with Crippen LogP contribution in [0.15, 0.2) is 0 Å². The van der Waals surface area contributed by atoms with Crippen LogP contribution in [-0.2, 0) is 14.9 Å². The van der Waals surface area contributed by atoms with Crippen molar-refractivity contribution in [2.75, 3.05) is 26.2 Å². The molecule has 2 fully saturated rings. The van der Waals surface area contributed by atoms with Crippen LogP contribution in [0, 0.1) is 0 Å². The van der Waals surface area contributed by atoms with Gasteiger partial charge in [0, 0.05) is 25.2 Å². The smallest absolute Gasteiger partial charge is 0.280 e. The number of hydrogen-bond donors (Lipinski definition) is 2. The number of piperidine rings is 1. The van der Waals surface area contributed by atoms with Crippen molar-refractivity contribution in [2.45, 2.75) is 44.9 Å². The summed E-state index contributed by atoms with van der Waals surface area (Å²) in [6.45, 7) is 6.36. The minimum Gasteiger partial charge on any atom is -0.375 e. The maximum Gasteiger partial charge on any atom is 0.280 e. The van der Waals surface area contributed by atoms with Crippen molar-refractivity contribution >= 4 is 10.2 Å². The zero-order valence-electron chi connectivity index (χ0n) is 11.1. The minimum atomic E-state index is -3.40. The summed E-state index contributed by atoms with van der Waals surface area (Å²) in [5, 5.41) is 3.21. The van der Waals surface area contributed by atoms with Gasteiger partial charge < -0.3 is 10.1 Å². The molecular formula is C11H23N3O3S. The van der Waals surface area contributed by atoms with Gasteiger partial charge in [-0.05, 0) is 33.2 Å². The monoisotopic (exact) mass is 277 g/mol. The fourth-order valence-electron chi connectivity index (χ4n) is 2.44. The van der Waals surface area contributed by atoms with E-state index in [2.05, 4.69) is 10.0 Å². The summed E-state index contributed by atoms with van der Waals surface area (Å²) in [5.41, 5.74) is 0. The number of rotatable bonds is 3. The highest BCUT2D eigenvalue weighted by Crippen LogP contribution is 2.16. The molecule has 0 aromatic rings. The Kier molecular flexibility index (Phi) is 4.60. The Balaban J connectivity index is 2.00. The third-order valence-electron chi connectivity index (χ3n) is 3.47. The molecular weight excluding hydrogens is 254 g/mol. The molecule has 3 atom stereocenters. The first-order valence-electron chi connectivity index (χ1n) is 6.60. The highest BCUT2D eigenvalue weighted by Gasteiger charge is 2.34. The molecule has 2 aliphatic heterocycles. The molecule has 7 heteroatoms. The van der Waals surface area contributed by atoms with Gasteiger partial charge in [-0.3, -0.25) is 0 Å². The summed E-state index contributed by atoms with van der Waals surface area (Å²) in [6, 6.07) is -0.0932. The molecule has 6 nitrogen and oxygen atoms in total. The lowest BCUT2D eigenvalue weighted by molar-refractivity contribution is -0.0176. The molecule has 106 valence electrons. The second kappa shape index (κ2) is 5.83. The molecule has 0 bridgehead atoms. The zero-order valence-corrected chi connectivity index (χ0v) is 11.9. The average Bonchev–Trinajstić information content (AvgIpc) is 2.33. The van der Waals surface area contributed by atoms with Gasteiger partial charge in [-0.2, -0.15) is 17.4 Å². The number of hydrogen-bond acceptors (Lipinski definition) is 4. The van der Waals surface area contributed by atoms with Crippen LogP contribution in [-0.4, -0.2) is 57.2 Å². The summed E-state index contributed by atoms with van der Waals surface area (Å²) in [4.78, 5) is 0. The van der Waals surface area contributed by atoms with Gasteiger partial charge in [0.2, 0.25) is 0 Å². The lowest BCUT2D eigenvalue weighted by Crippen LogP contribution is -2.57. The van der Waals surface area contributed by atoms with E-state index in [9.17, 15) is 8.42 Å². The quantitative estimate of drug-likeness (QED) is 0.742. The van der Waals surface area contributed by atoms with Gasteiger partial charge in [0.05, 0.1) is 12.7 Å². The maximum atomic E-state index is 12.3. The molecule has 0 aromatic heterocycles. The molecule has 2 aliphatic rings. The SMILES string of the molecule is C[C@@H]1CN(S(=O)(=O)N[C@H]2CCCNC2)[C@H](C)CO1. The Bertz CT molecular complexity index is 368. The van der Waals surface area contributed by atoms with Crippen LogP contribution in [0.1, 0.15) is 26.7 Å². The average molecular weight is 277 g/mol. The zero-order chi connectivity index (χ0) is 13.2. The van der Waals surface area contributed by atoms with Crippen molar-refractivity contribution in [1.29, 1.82) is 0 Å². The maximum absolute atomic E-state index is 12.3. The molecule has 2 N–H and O–H groups in total. The largest absolute Gasteiger partial charge is 0.375 e. The van der Waals surface area contributed by atoms with E-state index >= 15 is 0 Å². The Morgan fingerprint density at radius 2 is 2.17 bits per heavy atom. The Morgan fingerprint density at radius 3 is 2.83 bits per heavy atom. The molecule has 0 aromatic carbocycles. The summed E-state index contributed by atoms with van der Waals surface area (Å²) in [5.74, 6) is 0. The van der Waals surface area contributed by atoms with E-state index < -0.39 is 10.2 Å². The van der Waals surface area contributed by atoms with E-state index in [0.29, 0.717) is 19.7 Å². The van der Waals surface area contributed by atoms with Crippen LogP contribution < -0.4 is 10.0 Å². The normalized spacial score (nSPS) is 35.6. The Labute approximate surface area is 109 Å². The number of nitrogens with one attached hydrogen (secondary N) is 2. The van der Waals surface area contributed by atoms with Crippen LogP contribution in [0.4, 0.5) is 0 Å². The summed E-state index contributed by atoms with van der Waals surface area (Å²) in [6.07, 6.45) is 1.88. The standard InChI is InChI=1S/C11H23N3O3S/c1-9-8-17-10(2)7-14(9)18(15,16)13-11-4-3-5-12-6-11/h9-13H,3-8H2,1-2H3/t9-,10-,11+/m1/s1. The van der Waals surface area contributed by atoms with E-state index in [1.165, 1.54) is 4.31 Å². The Hall–Kier alpha value is -0.210. The Morgan fingerprint density at radius 1 is 1.39 bits per heavy atom. The van der Waals surface area contributed by atoms with Crippen LogP contribution >= 0.6 is 0 Å². The van der Waals surface area contributed by atoms with E-state index in [1.807, 2.05) is 13.8 Å². The summed E-state index contributed by atoms with van der Waals surface area (Å²) < 4.78 is 34.5. The third-order valence-corrected chi connectivity index (χ3v) is 5.23. The van der Waals surface area contributed by atoms with E-state index in [-0.39, 0.29) is 18.2 Å². The summed E-state index contributed by atoms with van der Waals surface area (Å²) in [7, 11) is -3.40. The predicted molar refractivity (Wildman–Crippen MR) is 69.5 cm³/mol. The fourth-order valence-corrected chi connectivity index (χ4v) is 4.14. The highest BCUT2D eigenvalue weighted by molar-refractivity contribution is 7.87. The van der Waals surface area contributed by atoms with Gasteiger partial charge in [-0.25, -0.2) is 0 Å². The van der Waals surface area contributed by atoms with Gasteiger partial charge >= 0.3 is 0 Å². The van der Waals surface area contributed by atoms with Crippen LogP contribution in [0.5, 0.6) is 0 Å². The third kappa shape index (κ3) is 3.42. The van der Waals surface area contributed by atoms with Gasteiger partial charge in [0.25, 0.3) is 10.2 Å². The fraction of sp³-hybridized carbons (Fsp3) is 1.00. The molecule has 2 heterocycles. The molecule has 0 aliphatic carbocycles. The molecule has 2 saturated heterocycles. The summed E-state index contributed by atoms with van der Waals surface area (Å²) >= 11 is 0. The van der Waals surface area contributed by atoms with Crippen LogP contribution in [0.3, 0.4) is 0 Å². The second-order valence-corrected chi connectivity index (χ2v) is 6.88. The number of morpholine rings is 1. The number of ether oxygens (including phenoxy) is 1. The molecule has 0 radical (unpaired) electrons. The second-order valence-electron chi connectivity index (χ2n) is 5.23. The molecule has 0 amide bonds. The van der Waals surface area contributed by atoms with Crippen LogP contribution in [0.25, 0.3) is 0 Å². The van der Waals surface area contributed by atoms with Gasteiger partial charge in [0.15, 0.2) is 0 Å². The van der Waals surface area contributed by atoms with E-state index in [4.69, 9.17) is 4.74 Å². The van der Waals surface area contributed by atoms with E-state index in [1.54, 1.807) is 0 Å². The van der Waals surface area contributed by atoms with E-state index in [0.717, 1.165) is 19.4 Å². The lowest BCUT2D eigenvalue weighted by Gasteiger charge is -2.37. The lowest BCUT2D eigenvalue weighted by atomic mass is 10.1. The molecule has 2 rings (SSSR count). The van der Waals surface area contributed by atoms with Crippen molar-refractivity contribution in [3.8, 4) is 0 Å². The van der Waals surface area contributed by atoms with Gasteiger partial charge in [0.1, 0.15) is 0 Å². The van der Waals surface area contributed by atoms with Gasteiger partial charge in [-0.1, -0.05) is 0 Å². The molecule has 18 heavy (non-hydrogen) atoms. The first kappa shape index (κ1) is 14.2. The highest BCUT2D eigenvalue weighted by atomic mass is 32.2.